The molecule has 0 aromatic heterocycles. The van der Waals surface area contributed by atoms with Gasteiger partial charge < -0.3 is 7.97 Å². The molecule has 0 amide bonds. The van der Waals surface area contributed by atoms with E-state index in [9.17, 15) is 0 Å². The Morgan fingerprint density at radius 3 is 2.20 bits per heavy atom. The Morgan fingerprint density at radius 2 is 1.73 bits per heavy atom. The number of likely N-dealkylation sites (N-methyl/N-ethyl adjacent to an activating group) is 1. The van der Waals surface area contributed by atoms with Crippen molar-refractivity contribution < 1.29 is 3.07 Å². The van der Waals surface area contributed by atoms with Crippen molar-refractivity contribution in [2.75, 3.05) is 33.3 Å². The maximum absolute atomic E-state index is 5.00. The summed E-state index contributed by atoms with van der Waals surface area (Å²) in [6.07, 6.45) is 1.10. The summed E-state index contributed by atoms with van der Waals surface area (Å²) in [5.41, 5.74) is 0. The molecule has 0 rings (SSSR count). The first-order valence-electron chi connectivity index (χ1n) is 4.30. The molecule has 0 heterocycles. The van der Waals surface area contributed by atoms with Crippen LogP contribution in [0.1, 0.15) is 6.42 Å². The molecule has 0 unspecified atom stereocenters. The van der Waals surface area contributed by atoms with Gasteiger partial charge in [-0.2, -0.15) is 0 Å². The maximum atomic E-state index is 5.00. The SMILES string of the molecule is CN(CCCOI)CCN(I)C(I)(I)I. The Labute approximate surface area is 161 Å². The van der Waals surface area contributed by atoms with Crippen LogP contribution in [0.5, 0.6) is 0 Å². The summed E-state index contributed by atoms with van der Waals surface area (Å²) in [6.45, 7) is 4.12. The predicted octanol–water partition coefficient (Wildman–Crippen LogP) is 4.24. The van der Waals surface area contributed by atoms with Crippen LogP contribution in [0.15, 0.2) is 0 Å². The molecule has 0 aromatic rings. The summed E-state index contributed by atoms with van der Waals surface area (Å²) in [5.74, 6) is 0. The van der Waals surface area contributed by atoms with Crippen molar-refractivity contribution in [3.8, 4) is 0 Å². The van der Waals surface area contributed by atoms with Crippen molar-refractivity contribution in [2.45, 2.75) is 5.98 Å². The van der Waals surface area contributed by atoms with Gasteiger partial charge >= 0.3 is 0 Å². The molecule has 0 aliphatic heterocycles. The minimum atomic E-state index is 0.167. The lowest BCUT2D eigenvalue weighted by atomic mass is 10.4. The second-order valence-electron chi connectivity index (χ2n) is 3.02. The average Bonchev–Trinajstić information content (AvgIpc) is 2.13. The quantitative estimate of drug-likeness (QED) is 0.121. The van der Waals surface area contributed by atoms with E-state index in [1.807, 2.05) is 23.0 Å². The van der Waals surface area contributed by atoms with Gasteiger partial charge in [0.05, 0.1) is 6.61 Å². The first kappa shape index (κ1) is 18.5. The van der Waals surface area contributed by atoms with Crippen LogP contribution in [-0.4, -0.2) is 40.9 Å². The standard InChI is InChI=1S/C7H13I5N2O/c1-13(3-2-6-15-12)4-5-14(11)7(8,9)10/h2-6H2,1H3. The highest BCUT2D eigenvalue weighted by molar-refractivity contribution is 14.3. The molecule has 0 bridgehead atoms. The molecular formula is C7H13I5N2O. The van der Waals surface area contributed by atoms with Gasteiger partial charge in [0.2, 0.25) is 0 Å². The Hall–Kier alpha value is 3.53. The number of nitrogens with zero attached hydrogens (tertiary/aromatic N) is 2. The third-order valence-corrected chi connectivity index (χ3v) is 7.88. The topological polar surface area (TPSA) is 15.7 Å². The van der Waals surface area contributed by atoms with Crippen molar-refractivity contribution in [1.82, 2.24) is 8.01 Å². The van der Waals surface area contributed by atoms with E-state index in [1.165, 1.54) is 0 Å². The molecular weight excluding hydrogens is 763 g/mol. The largest absolute Gasteiger partial charge is 0.316 e. The first-order valence-corrected chi connectivity index (χ1v) is 9.38. The summed E-state index contributed by atoms with van der Waals surface area (Å²) in [5, 5.41) is 0. The number of halogens is 5. The molecule has 15 heavy (non-hydrogen) atoms. The molecule has 0 fully saturated rings. The van der Waals surface area contributed by atoms with E-state index in [4.69, 9.17) is 3.07 Å². The molecule has 0 N–H and O–H groups in total. The van der Waals surface area contributed by atoms with Gasteiger partial charge in [-0.15, -0.1) is 0 Å². The second kappa shape index (κ2) is 10.3. The summed E-state index contributed by atoms with van der Waals surface area (Å²) in [4.78, 5) is 2.34. The first-order chi connectivity index (χ1) is 6.88. The molecule has 0 aliphatic carbocycles. The van der Waals surface area contributed by atoms with Gasteiger partial charge in [0, 0.05) is 42.5 Å². The minimum Gasteiger partial charge on any atom is -0.316 e. The van der Waals surface area contributed by atoms with Gasteiger partial charge in [0.1, 0.15) is 23.0 Å². The van der Waals surface area contributed by atoms with E-state index in [0.717, 1.165) is 32.7 Å². The van der Waals surface area contributed by atoms with E-state index < -0.39 is 0 Å². The number of alkyl halides is 3. The molecule has 0 saturated carbocycles. The highest BCUT2D eigenvalue weighted by Crippen LogP contribution is 2.41. The fourth-order valence-electron chi connectivity index (χ4n) is 0.886. The normalized spacial score (nSPS) is 12.8. The van der Waals surface area contributed by atoms with E-state index >= 15 is 0 Å². The van der Waals surface area contributed by atoms with Gasteiger partial charge in [-0.1, -0.05) is 0 Å². The Kier molecular flexibility index (Phi) is 12.8. The van der Waals surface area contributed by atoms with E-state index in [0.29, 0.717) is 0 Å². The molecule has 0 aliphatic rings. The van der Waals surface area contributed by atoms with Crippen LogP contribution in [0, 0.1) is 0 Å². The summed E-state index contributed by atoms with van der Waals surface area (Å²) >= 11 is 11.6. The lowest BCUT2D eigenvalue weighted by Crippen LogP contribution is -2.33. The number of hydrogen-bond donors (Lipinski definition) is 0. The summed E-state index contributed by atoms with van der Waals surface area (Å²) in [7, 11) is 2.16. The third kappa shape index (κ3) is 11.1. The van der Waals surface area contributed by atoms with Gasteiger partial charge in [0.15, 0.2) is -0.441 Å². The van der Waals surface area contributed by atoms with Crippen molar-refractivity contribution in [2.24, 2.45) is 0 Å². The van der Waals surface area contributed by atoms with Gasteiger partial charge in [-0.05, 0) is 81.2 Å². The molecule has 3 nitrogen and oxygen atoms in total. The fraction of sp³-hybridized carbons (Fsp3) is 1.00. The van der Waals surface area contributed by atoms with Crippen LogP contribution >= 0.6 is 114 Å². The minimum absolute atomic E-state index is 0.167. The monoisotopic (exact) mass is 776 g/mol. The molecule has 92 valence electrons. The van der Waals surface area contributed by atoms with Crippen molar-refractivity contribution >= 4 is 114 Å². The Balaban J connectivity index is 3.57. The zero-order chi connectivity index (χ0) is 11.9. The van der Waals surface area contributed by atoms with Gasteiger partial charge in [-0.25, -0.2) is 3.11 Å². The van der Waals surface area contributed by atoms with Crippen molar-refractivity contribution in [1.29, 1.82) is 0 Å². The third-order valence-electron chi connectivity index (χ3n) is 1.71. The van der Waals surface area contributed by atoms with Gasteiger partial charge in [0.25, 0.3) is 0 Å². The molecule has 8 heteroatoms. The molecule has 0 spiro atoms. The average molecular weight is 776 g/mol. The van der Waals surface area contributed by atoms with Gasteiger partial charge in [-0.3, -0.25) is 0 Å². The van der Waals surface area contributed by atoms with Crippen molar-refractivity contribution in [3.63, 3.8) is 0 Å². The van der Waals surface area contributed by atoms with Crippen LogP contribution in [0.2, 0.25) is 0 Å². The van der Waals surface area contributed by atoms with Crippen LogP contribution < -0.4 is 0 Å². The van der Waals surface area contributed by atoms with E-state index in [-0.39, 0.29) is -0.441 Å². The van der Waals surface area contributed by atoms with Crippen molar-refractivity contribution in [3.05, 3.63) is 0 Å². The lowest BCUT2D eigenvalue weighted by molar-refractivity contribution is 0.288. The van der Waals surface area contributed by atoms with E-state index in [2.05, 4.69) is 106 Å². The zero-order valence-corrected chi connectivity index (χ0v) is 19.0. The van der Waals surface area contributed by atoms with Crippen LogP contribution in [0.4, 0.5) is 0 Å². The predicted molar refractivity (Wildman–Crippen MR) is 108 cm³/mol. The van der Waals surface area contributed by atoms with Crippen LogP contribution in [-0.2, 0) is 3.07 Å². The zero-order valence-electron chi connectivity index (χ0n) is 8.23. The second-order valence-corrected chi connectivity index (χ2v) is 15.7. The highest BCUT2D eigenvalue weighted by Gasteiger charge is 2.24. The van der Waals surface area contributed by atoms with Crippen LogP contribution in [0.3, 0.4) is 0 Å². The molecule has 0 aromatic carbocycles. The fourth-order valence-corrected chi connectivity index (χ4v) is 2.14. The summed E-state index contributed by atoms with van der Waals surface area (Å²) < 4.78 is 7.48. The summed E-state index contributed by atoms with van der Waals surface area (Å²) in [6, 6.07) is 0. The van der Waals surface area contributed by atoms with Crippen LogP contribution in [0.25, 0.3) is 0 Å². The maximum Gasteiger partial charge on any atom is 0.184 e. The Bertz CT molecular complexity index is 166. The Morgan fingerprint density at radius 1 is 1.13 bits per heavy atom. The smallest absolute Gasteiger partial charge is 0.184 e. The molecule has 0 atom stereocenters. The highest BCUT2D eigenvalue weighted by atomic mass is 127. The number of rotatable bonds is 8. The number of hydrogen-bond acceptors (Lipinski definition) is 3. The molecule has 0 radical (unpaired) electrons. The lowest BCUT2D eigenvalue weighted by Gasteiger charge is -2.26. The van der Waals surface area contributed by atoms with E-state index in [1.54, 1.807) is 0 Å². The molecule has 0 saturated heterocycles.